The highest BCUT2D eigenvalue weighted by Gasteiger charge is 2.30. The summed E-state index contributed by atoms with van der Waals surface area (Å²) in [6, 6.07) is 16.2. The van der Waals surface area contributed by atoms with Crippen molar-refractivity contribution >= 4 is 34.4 Å². The van der Waals surface area contributed by atoms with Crippen LogP contribution in [0.25, 0.3) is 11.1 Å². The third-order valence-corrected chi connectivity index (χ3v) is 7.22. The highest BCUT2D eigenvalue weighted by Crippen LogP contribution is 2.44. The molecule has 0 bridgehead atoms. The maximum atomic E-state index is 12.4. The smallest absolute Gasteiger partial charge is 0.413 e. The lowest BCUT2D eigenvalue weighted by Gasteiger charge is -2.14. The van der Waals surface area contributed by atoms with Crippen molar-refractivity contribution in [3.63, 3.8) is 0 Å². The third kappa shape index (κ3) is 5.19. The van der Waals surface area contributed by atoms with Crippen LogP contribution in [0.5, 0.6) is 0 Å². The van der Waals surface area contributed by atoms with Crippen molar-refractivity contribution in [2.24, 2.45) is 11.8 Å². The first-order chi connectivity index (χ1) is 17.0. The molecule has 1 aromatic heterocycles. The van der Waals surface area contributed by atoms with E-state index in [1.54, 1.807) is 0 Å². The van der Waals surface area contributed by atoms with Crippen molar-refractivity contribution in [1.29, 1.82) is 0 Å². The monoisotopic (exact) mass is 491 g/mol. The summed E-state index contributed by atoms with van der Waals surface area (Å²) in [5.41, 5.74) is 4.66. The molecule has 2 amide bonds. The van der Waals surface area contributed by atoms with Crippen molar-refractivity contribution in [1.82, 2.24) is 10.3 Å². The molecule has 2 aromatic carbocycles. The first-order valence-electron chi connectivity index (χ1n) is 11.6. The summed E-state index contributed by atoms with van der Waals surface area (Å²) in [4.78, 5) is 40.4. The molecule has 3 N–H and O–H groups in total. The van der Waals surface area contributed by atoms with Crippen LogP contribution in [0, 0.1) is 11.8 Å². The summed E-state index contributed by atoms with van der Waals surface area (Å²) < 4.78 is 5.51. The number of carbonyl (C=O) groups excluding carboxylic acids is 2. The molecule has 5 rings (SSSR count). The summed E-state index contributed by atoms with van der Waals surface area (Å²) in [5.74, 6) is -1.59. The molecule has 0 radical (unpaired) electrons. The summed E-state index contributed by atoms with van der Waals surface area (Å²) in [5, 5.41) is 16.3. The second kappa shape index (κ2) is 9.87. The lowest BCUT2D eigenvalue weighted by atomic mass is 9.98. The van der Waals surface area contributed by atoms with Crippen molar-refractivity contribution in [3.8, 4) is 11.1 Å². The molecule has 2 aliphatic rings. The Balaban J connectivity index is 1.15. The van der Waals surface area contributed by atoms with Crippen LogP contribution in [-0.4, -0.2) is 41.2 Å². The van der Waals surface area contributed by atoms with Gasteiger partial charge in [0.25, 0.3) is 5.91 Å². The number of nitrogens with zero attached hydrogens (tertiary/aromatic N) is 1. The maximum Gasteiger partial charge on any atom is 0.413 e. The van der Waals surface area contributed by atoms with E-state index in [2.05, 4.69) is 27.8 Å². The molecular weight excluding hydrogens is 466 g/mol. The number of hydrogen-bond acceptors (Lipinski definition) is 6. The molecule has 1 saturated carbocycles. The van der Waals surface area contributed by atoms with Crippen LogP contribution in [-0.2, 0) is 9.53 Å². The van der Waals surface area contributed by atoms with Gasteiger partial charge in [-0.3, -0.25) is 14.9 Å². The van der Waals surface area contributed by atoms with Gasteiger partial charge in [0, 0.05) is 17.8 Å². The van der Waals surface area contributed by atoms with Crippen LogP contribution in [0.2, 0.25) is 0 Å². The van der Waals surface area contributed by atoms with Gasteiger partial charge in [-0.1, -0.05) is 61.4 Å². The van der Waals surface area contributed by atoms with Gasteiger partial charge in [0.1, 0.15) is 12.3 Å². The van der Waals surface area contributed by atoms with E-state index in [-0.39, 0.29) is 29.9 Å². The van der Waals surface area contributed by atoms with Crippen LogP contribution in [0.4, 0.5) is 9.93 Å². The van der Waals surface area contributed by atoms with E-state index in [4.69, 9.17) is 4.74 Å². The van der Waals surface area contributed by atoms with Crippen LogP contribution < -0.4 is 10.6 Å². The highest BCUT2D eigenvalue weighted by molar-refractivity contribution is 7.14. The van der Waals surface area contributed by atoms with Crippen molar-refractivity contribution < 1.29 is 24.2 Å². The predicted octanol–water partition coefficient (Wildman–Crippen LogP) is 4.73. The van der Waals surface area contributed by atoms with Gasteiger partial charge in [0.15, 0.2) is 5.13 Å². The standard InChI is InChI=1S/C26H25N3O5S/c30-23(27-12-16(24(31)32)11-15-9-10-15)22-14-35-25(28-22)29-26(33)34-13-21-19-7-3-1-5-17(19)18-6-2-4-8-20(18)21/h1-8,14-16,21H,9-13H2,(H,27,30)(H,31,32)(H,28,29,33). The quantitative estimate of drug-likeness (QED) is 0.398. The second-order valence-corrected chi connectivity index (χ2v) is 9.77. The van der Waals surface area contributed by atoms with E-state index < -0.39 is 23.9 Å². The predicted molar refractivity (Wildman–Crippen MR) is 132 cm³/mol. The minimum absolute atomic E-state index is 0.0522. The number of anilines is 1. The SMILES string of the molecule is O=C(Nc1nc(C(=O)NCC(CC2CC2)C(=O)O)cs1)OCC1c2ccccc2-c2ccccc21. The molecule has 0 spiro atoms. The zero-order valence-corrected chi connectivity index (χ0v) is 19.7. The molecule has 1 heterocycles. The Bertz CT molecular complexity index is 1220. The Labute approximate surface area is 206 Å². The number of carboxylic acid groups (broad SMARTS) is 1. The van der Waals surface area contributed by atoms with Crippen LogP contribution >= 0.6 is 11.3 Å². The van der Waals surface area contributed by atoms with Crippen molar-refractivity contribution in [2.45, 2.75) is 25.2 Å². The molecular formula is C26H25N3O5S. The number of aromatic nitrogens is 1. The average molecular weight is 492 g/mol. The lowest BCUT2D eigenvalue weighted by Crippen LogP contribution is -2.33. The number of thiazole rings is 1. The lowest BCUT2D eigenvalue weighted by molar-refractivity contribution is -0.141. The number of nitrogens with one attached hydrogen (secondary N) is 2. The number of amides is 2. The topological polar surface area (TPSA) is 118 Å². The van der Waals surface area contributed by atoms with Gasteiger partial charge in [-0.25, -0.2) is 9.78 Å². The van der Waals surface area contributed by atoms with Gasteiger partial charge >= 0.3 is 12.1 Å². The summed E-state index contributed by atoms with van der Waals surface area (Å²) in [6.07, 6.45) is 2.02. The number of ether oxygens (including phenoxy) is 1. The maximum absolute atomic E-state index is 12.4. The Hall–Kier alpha value is -3.72. The molecule has 9 heteroatoms. The molecule has 2 aliphatic carbocycles. The minimum atomic E-state index is -0.909. The van der Waals surface area contributed by atoms with Crippen molar-refractivity contribution in [3.05, 3.63) is 70.7 Å². The van der Waals surface area contributed by atoms with E-state index in [1.165, 1.54) is 5.38 Å². The van der Waals surface area contributed by atoms with Gasteiger partial charge in [-0.2, -0.15) is 0 Å². The normalized spacial score (nSPS) is 15.1. The minimum Gasteiger partial charge on any atom is -0.481 e. The van der Waals surface area contributed by atoms with Crippen molar-refractivity contribution in [2.75, 3.05) is 18.5 Å². The highest BCUT2D eigenvalue weighted by atomic mass is 32.1. The molecule has 0 aliphatic heterocycles. The third-order valence-electron chi connectivity index (χ3n) is 6.46. The number of carboxylic acids is 1. The van der Waals surface area contributed by atoms with Crippen LogP contribution in [0.3, 0.4) is 0 Å². The van der Waals surface area contributed by atoms with Gasteiger partial charge < -0.3 is 15.2 Å². The molecule has 8 nitrogen and oxygen atoms in total. The zero-order valence-electron chi connectivity index (χ0n) is 18.9. The molecule has 1 atom stereocenters. The molecule has 0 saturated heterocycles. The Morgan fingerprint density at radius 1 is 1.06 bits per heavy atom. The fraction of sp³-hybridized carbons (Fsp3) is 0.308. The number of aliphatic carboxylic acids is 1. The van der Waals surface area contributed by atoms with E-state index in [9.17, 15) is 19.5 Å². The van der Waals surface area contributed by atoms with Gasteiger partial charge in [0.05, 0.1) is 5.92 Å². The van der Waals surface area contributed by atoms with E-state index in [0.717, 1.165) is 46.4 Å². The summed E-state index contributed by atoms with van der Waals surface area (Å²) >= 11 is 1.10. The van der Waals surface area contributed by atoms with Gasteiger partial charge in [-0.05, 0) is 34.6 Å². The number of rotatable bonds is 9. The Morgan fingerprint density at radius 3 is 2.34 bits per heavy atom. The second-order valence-electron chi connectivity index (χ2n) is 8.91. The van der Waals surface area contributed by atoms with Gasteiger partial charge in [-0.15, -0.1) is 11.3 Å². The number of fused-ring (bicyclic) bond motifs is 3. The molecule has 1 fully saturated rings. The average Bonchev–Trinajstić information content (AvgIpc) is 3.46. The molecule has 1 unspecified atom stereocenters. The molecule has 180 valence electrons. The zero-order chi connectivity index (χ0) is 24.4. The number of benzene rings is 2. The molecule has 35 heavy (non-hydrogen) atoms. The van der Waals surface area contributed by atoms with Crippen LogP contribution in [0.15, 0.2) is 53.9 Å². The molecule has 3 aromatic rings. The van der Waals surface area contributed by atoms with Gasteiger partial charge in [0.2, 0.25) is 0 Å². The van der Waals surface area contributed by atoms with E-state index in [1.807, 2.05) is 36.4 Å². The first-order valence-corrected chi connectivity index (χ1v) is 12.5. The first kappa shape index (κ1) is 23.0. The van der Waals surface area contributed by atoms with Crippen LogP contribution in [0.1, 0.15) is 46.8 Å². The summed E-state index contributed by atoms with van der Waals surface area (Å²) in [6.45, 7) is 0.230. The Kier molecular flexibility index (Phi) is 6.50. The summed E-state index contributed by atoms with van der Waals surface area (Å²) in [7, 11) is 0. The Morgan fingerprint density at radius 2 is 1.71 bits per heavy atom. The fourth-order valence-electron chi connectivity index (χ4n) is 4.49. The largest absolute Gasteiger partial charge is 0.481 e. The van der Waals surface area contributed by atoms with E-state index in [0.29, 0.717) is 12.3 Å². The number of carbonyl (C=O) groups is 3. The fourth-order valence-corrected chi connectivity index (χ4v) is 5.17. The van der Waals surface area contributed by atoms with E-state index >= 15 is 0 Å². The number of hydrogen-bond donors (Lipinski definition) is 3.